The van der Waals surface area contributed by atoms with Gasteiger partial charge in [-0.2, -0.15) is 0 Å². The summed E-state index contributed by atoms with van der Waals surface area (Å²) < 4.78 is 0. The van der Waals surface area contributed by atoms with Crippen LogP contribution in [-0.2, 0) is 6.54 Å². The van der Waals surface area contributed by atoms with Gasteiger partial charge < -0.3 is 10.2 Å². The van der Waals surface area contributed by atoms with Crippen LogP contribution in [0.4, 0.5) is 11.4 Å². The Morgan fingerprint density at radius 1 is 0.963 bits per heavy atom. The van der Waals surface area contributed by atoms with Crippen LogP contribution >= 0.6 is 0 Å². The van der Waals surface area contributed by atoms with Crippen LogP contribution in [0, 0.1) is 5.92 Å². The predicted octanol–water partition coefficient (Wildman–Crippen LogP) is 4.81. The van der Waals surface area contributed by atoms with E-state index >= 15 is 0 Å². The van der Waals surface area contributed by atoms with E-state index in [4.69, 9.17) is 0 Å². The van der Waals surface area contributed by atoms with Gasteiger partial charge >= 0.3 is 0 Å². The largest absolute Gasteiger partial charge is 0.352 e. The first kappa shape index (κ1) is 18.6. The van der Waals surface area contributed by atoms with Crippen molar-refractivity contribution in [1.82, 2.24) is 10.3 Å². The second-order valence-electron chi connectivity index (χ2n) is 6.94. The predicted molar refractivity (Wildman–Crippen MR) is 110 cm³/mol. The smallest absolute Gasteiger partial charge is 0.252 e. The van der Waals surface area contributed by atoms with E-state index in [2.05, 4.69) is 53.3 Å². The Balaban J connectivity index is 1.90. The average molecular weight is 359 g/mol. The third-order valence-electron chi connectivity index (χ3n) is 4.22. The van der Waals surface area contributed by atoms with Crippen molar-refractivity contribution in [3.8, 4) is 0 Å². The molecule has 1 amide bonds. The van der Waals surface area contributed by atoms with Gasteiger partial charge in [-0.05, 0) is 29.7 Å². The Bertz CT molecular complexity index is 863. The molecule has 1 aromatic heterocycles. The molecule has 0 aliphatic heterocycles. The molecule has 0 saturated heterocycles. The number of nitrogens with zero attached hydrogens (tertiary/aromatic N) is 2. The molecule has 3 aromatic rings. The standard InChI is InChI=1S/C23H25N3O/c1-18(2)14-25-23(27)20-13-22(16-24-15-20)26(21-11-7-4-8-12-21)17-19-9-5-3-6-10-19/h3-13,15-16,18H,14,17H2,1-2H3,(H,25,27). The lowest BCUT2D eigenvalue weighted by molar-refractivity contribution is 0.0948. The van der Waals surface area contributed by atoms with E-state index in [1.54, 1.807) is 12.4 Å². The van der Waals surface area contributed by atoms with E-state index < -0.39 is 0 Å². The lowest BCUT2D eigenvalue weighted by atomic mass is 10.1. The SMILES string of the molecule is CC(C)CNC(=O)c1cncc(N(Cc2ccccc2)c2ccccc2)c1. The van der Waals surface area contributed by atoms with Crippen LogP contribution in [0.5, 0.6) is 0 Å². The van der Waals surface area contributed by atoms with Crippen molar-refractivity contribution in [2.75, 3.05) is 11.4 Å². The van der Waals surface area contributed by atoms with Crippen molar-refractivity contribution < 1.29 is 4.79 Å². The molecule has 1 heterocycles. The average Bonchev–Trinajstić information content (AvgIpc) is 2.71. The Hall–Kier alpha value is -3.14. The Morgan fingerprint density at radius 3 is 2.30 bits per heavy atom. The summed E-state index contributed by atoms with van der Waals surface area (Å²) in [6.07, 6.45) is 3.42. The van der Waals surface area contributed by atoms with E-state index in [1.807, 2.05) is 42.5 Å². The van der Waals surface area contributed by atoms with Crippen molar-refractivity contribution in [2.24, 2.45) is 5.92 Å². The molecule has 2 aromatic carbocycles. The van der Waals surface area contributed by atoms with Crippen molar-refractivity contribution in [2.45, 2.75) is 20.4 Å². The van der Waals surface area contributed by atoms with Gasteiger partial charge in [0.2, 0.25) is 0 Å². The third-order valence-corrected chi connectivity index (χ3v) is 4.22. The highest BCUT2D eigenvalue weighted by Crippen LogP contribution is 2.27. The van der Waals surface area contributed by atoms with E-state index in [0.717, 1.165) is 11.4 Å². The molecule has 0 atom stereocenters. The normalized spacial score (nSPS) is 10.6. The van der Waals surface area contributed by atoms with Crippen LogP contribution in [-0.4, -0.2) is 17.4 Å². The van der Waals surface area contributed by atoms with Crippen LogP contribution in [0.1, 0.15) is 29.8 Å². The molecule has 0 aliphatic rings. The van der Waals surface area contributed by atoms with Gasteiger partial charge in [0.15, 0.2) is 0 Å². The van der Waals surface area contributed by atoms with Gasteiger partial charge in [-0.1, -0.05) is 62.4 Å². The van der Waals surface area contributed by atoms with E-state index in [1.165, 1.54) is 5.56 Å². The van der Waals surface area contributed by atoms with Gasteiger partial charge in [-0.25, -0.2) is 0 Å². The molecular formula is C23H25N3O. The number of carbonyl (C=O) groups excluding carboxylic acids is 1. The van der Waals surface area contributed by atoms with Gasteiger partial charge in [0.1, 0.15) is 0 Å². The Labute approximate surface area is 160 Å². The summed E-state index contributed by atoms with van der Waals surface area (Å²) in [4.78, 5) is 18.9. The van der Waals surface area contributed by atoms with Crippen LogP contribution < -0.4 is 10.2 Å². The minimum Gasteiger partial charge on any atom is -0.352 e. The number of para-hydroxylation sites is 1. The van der Waals surface area contributed by atoms with Gasteiger partial charge in [0.05, 0.1) is 17.4 Å². The maximum Gasteiger partial charge on any atom is 0.252 e. The first-order valence-corrected chi connectivity index (χ1v) is 9.23. The van der Waals surface area contributed by atoms with Gasteiger partial charge in [-0.3, -0.25) is 9.78 Å². The van der Waals surface area contributed by atoms with Crippen molar-refractivity contribution >= 4 is 17.3 Å². The van der Waals surface area contributed by atoms with E-state index in [-0.39, 0.29) is 5.91 Å². The molecule has 3 rings (SSSR count). The molecule has 4 heteroatoms. The van der Waals surface area contributed by atoms with Crippen LogP contribution in [0.15, 0.2) is 79.1 Å². The summed E-state index contributed by atoms with van der Waals surface area (Å²) in [5, 5.41) is 2.96. The zero-order valence-corrected chi connectivity index (χ0v) is 15.8. The molecule has 0 aliphatic carbocycles. The number of pyridine rings is 1. The minimum atomic E-state index is -0.0919. The number of nitrogens with one attached hydrogen (secondary N) is 1. The lowest BCUT2D eigenvalue weighted by Gasteiger charge is -2.25. The third kappa shape index (κ3) is 5.17. The van der Waals surface area contributed by atoms with Crippen molar-refractivity contribution in [3.63, 3.8) is 0 Å². The fraction of sp³-hybridized carbons (Fsp3) is 0.217. The van der Waals surface area contributed by atoms with E-state index in [9.17, 15) is 4.79 Å². The summed E-state index contributed by atoms with van der Waals surface area (Å²) in [6, 6.07) is 22.3. The first-order chi connectivity index (χ1) is 13.1. The molecule has 0 bridgehead atoms. The molecule has 0 saturated carbocycles. The molecule has 0 unspecified atom stereocenters. The second kappa shape index (κ2) is 8.99. The molecule has 0 fully saturated rings. The maximum atomic E-state index is 12.4. The Morgan fingerprint density at radius 2 is 1.63 bits per heavy atom. The highest BCUT2D eigenvalue weighted by molar-refractivity contribution is 5.95. The van der Waals surface area contributed by atoms with E-state index in [0.29, 0.717) is 24.6 Å². The topological polar surface area (TPSA) is 45.2 Å². The number of benzene rings is 2. The quantitative estimate of drug-likeness (QED) is 0.659. The van der Waals surface area contributed by atoms with Crippen LogP contribution in [0.2, 0.25) is 0 Å². The van der Waals surface area contributed by atoms with Crippen molar-refractivity contribution in [3.05, 3.63) is 90.3 Å². The fourth-order valence-electron chi connectivity index (χ4n) is 2.80. The second-order valence-corrected chi connectivity index (χ2v) is 6.94. The molecule has 4 nitrogen and oxygen atoms in total. The van der Waals surface area contributed by atoms with Crippen LogP contribution in [0.25, 0.3) is 0 Å². The van der Waals surface area contributed by atoms with Crippen molar-refractivity contribution in [1.29, 1.82) is 0 Å². The molecule has 0 spiro atoms. The van der Waals surface area contributed by atoms with Crippen LogP contribution in [0.3, 0.4) is 0 Å². The Kier molecular flexibility index (Phi) is 6.21. The number of aromatic nitrogens is 1. The number of anilines is 2. The number of hydrogen-bond donors (Lipinski definition) is 1. The zero-order valence-electron chi connectivity index (χ0n) is 15.8. The monoisotopic (exact) mass is 359 g/mol. The minimum absolute atomic E-state index is 0.0919. The number of hydrogen-bond acceptors (Lipinski definition) is 3. The summed E-state index contributed by atoms with van der Waals surface area (Å²) in [7, 11) is 0. The molecule has 1 N–H and O–H groups in total. The highest BCUT2D eigenvalue weighted by atomic mass is 16.1. The molecule has 138 valence electrons. The summed E-state index contributed by atoms with van der Waals surface area (Å²) >= 11 is 0. The summed E-state index contributed by atoms with van der Waals surface area (Å²) in [6.45, 7) is 5.50. The first-order valence-electron chi connectivity index (χ1n) is 9.23. The fourth-order valence-corrected chi connectivity index (χ4v) is 2.80. The number of amides is 1. The molecule has 27 heavy (non-hydrogen) atoms. The number of rotatable bonds is 7. The molecular weight excluding hydrogens is 334 g/mol. The van der Waals surface area contributed by atoms with Gasteiger partial charge in [0.25, 0.3) is 5.91 Å². The lowest BCUT2D eigenvalue weighted by Crippen LogP contribution is -2.27. The summed E-state index contributed by atoms with van der Waals surface area (Å²) in [5.74, 6) is 0.315. The van der Waals surface area contributed by atoms with Gasteiger partial charge in [-0.15, -0.1) is 0 Å². The highest BCUT2D eigenvalue weighted by Gasteiger charge is 2.14. The maximum absolute atomic E-state index is 12.4. The number of carbonyl (C=O) groups is 1. The summed E-state index contributed by atoms with van der Waals surface area (Å²) in [5.41, 5.74) is 3.71. The zero-order chi connectivity index (χ0) is 19.1. The van der Waals surface area contributed by atoms with Gasteiger partial charge in [0, 0.05) is 25.0 Å². The molecule has 0 radical (unpaired) electrons.